The van der Waals surface area contributed by atoms with Crippen molar-refractivity contribution in [1.29, 1.82) is 0 Å². The van der Waals surface area contributed by atoms with Gasteiger partial charge >= 0.3 is 0 Å². The van der Waals surface area contributed by atoms with Gasteiger partial charge in [-0.15, -0.1) is 0 Å². The standard InChI is InChI=1S/2C30H22N2O3/c2*1-29(2)22-10-6-7-11-23(22)32(3)30(29)16-31-26-18-12-13-21-25(17(18)14-15-24(26)35-30)28(34)20-9-5-4-8-19(20)27(21)33/h2*4-16H,1-3H3/t2*30-/m11/s1. The summed E-state index contributed by atoms with van der Waals surface area (Å²) in [5.74, 6) is 0.793. The normalized spacial score (nSPS) is 20.9. The third-order valence-corrected chi connectivity index (χ3v) is 16.0. The lowest BCUT2D eigenvalue weighted by atomic mass is 9.77. The molecule has 0 bridgehead atoms. The summed E-state index contributed by atoms with van der Waals surface area (Å²) in [6.07, 6.45) is 3.77. The van der Waals surface area contributed by atoms with Gasteiger partial charge in [-0.1, -0.05) is 97.1 Å². The topological polar surface area (TPSA) is 118 Å². The fourth-order valence-electron chi connectivity index (χ4n) is 12.1. The summed E-state index contributed by atoms with van der Waals surface area (Å²) in [4.78, 5) is 67.4. The van der Waals surface area contributed by atoms with Crippen molar-refractivity contribution in [2.24, 2.45) is 9.98 Å². The summed E-state index contributed by atoms with van der Waals surface area (Å²) in [6, 6.07) is 45.4. The van der Waals surface area contributed by atoms with E-state index >= 15 is 0 Å². The Balaban J connectivity index is 0.000000137. The maximum absolute atomic E-state index is 13.5. The molecule has 2 spiro atoms. The van der Waals surface area contributed by atoms with Crippen molar-refractivity contribution in [3.8, 4) is 11.5 Å². The first kappa shape index (κ1) is 41.7. The number of carbonyl (C=O) groups is 4. The molecule has 2 aliphatic carbocycles. The van der Waals surface area contributed by atoms with Crippen LogP contribution in [0.3, 0.4) is 0 Å². The minimum Gasteiger partial charge on any atom is -0.459 e. The van der Waals surface area contributed by atoms with Crippen LogP contribution in [-0.2, 0) is 10.8 Å². The lowest BCUT2D eigenvalue weighted by Crippen LogP contribution is -2.61. The Hall–Kier alpha value is -8.50. The molecule has 14 rings (SSSR count). The Morgan fingerprint density at radius 2 is 0.729 bits per heavy atom. The Morgan fingerprint density at radius 1 is 0.386 bits per heavy atom. The number of carbonyl (C=O) groups excluding carboxylic acids is 4. The van der Waals surface area contributed by atoms with Crippen molar-refractivity contribution in [3.05, 3.63) is 201 Å². The van der Waals surface area contributed by atoms with E-state index in [2.05, 4.69) is 73.9 Å². The Labute approximate surface area is 403 Å². The summed E-state index contributed by atoms with van der Waals surface area (Å²) in [7, 11) is 4.06. The number of rotatable bonds is 0. The largest absolute Gasteiger partial charge is 0.459 e. The number of fused-ring (bicyclic) bond motifs is 14. The first-order chi connectivity index (χ1) is 33.7. The van der Waals surface area contributed by atoms with Gasteiger partial charge < -0.3 is 19.3 Å². The van der Waals surface area contributed by atoms with Crippen molar-refractivity contribution in [1.82, 2.24) is 0 Å². The summed E-state index contributed by atoms with van der Waals surface area (Å²) < 4.78 is 13.5. The van der Waals surface area contributed by atoms with Gasteiger partial charge in [-0.05, 0) is 98.1 Å². The van der Waals surface area contributed by atoms with Crippen molar-refractivity contribution in [2.75, 3.05) is 23.9 Å². The highest BCUT2D eigenvalue weighted by atomic mass is 16.5. The molecule has 0 radical (unpaired) electrons. The number of aliphatic imine (C=N–C) groups is 2. The quantitative estimate of drug-likeness (QED) is 0.148. The monoisotopic (exact) mass is 916 g/mol. The van der Waals surface area contributed by atoms with Gasteiger partial charge in [-0.2, -0.15) is 0 Å². The van der Waals surface area contributed by atoms with E-state index in [9.17, 15) is 19.2 Å². The molecule has 0 saturated heterocycles. The van der Waals surface area contributed by atoms with Crippen LogP contribution in [0.25, 0.3) is 21.5 Å². The van der Waals surface area contributed by atoms with Gasteiger partial charge in [-0.25, -0.2) is 0 Å². The van der Waals surface area contributed by atoms with Gasteiger partial charge in [-0.3, -0.25) is 29.2 Å². The van der Waals surface area contributed by atoms with Gasteiger partial charge in [0.2, 0.25) is 11.4 Å². The molecule has 8 aromatic carbocycles. The van der Waals surface area contributed by atoms with Gasteiger partial charge in [0.15, 0.2) is 23.1 Å². The number of anilines is 2. The van der Waals surface area contributed by atoms with E-state index in [0.29, 0.717) is 78.2 Å². The van der Waals surface area contributed by atoms with Crippen LogP contribution < -0.4 is 19.3 Å². The lowest BCUT2D eigenvalue weighted by Gasteiger charge is -2.45. The average Bonchev–Trinajstić information content (AvgIpc) is 3.65. The molecule has 4 heterocycles. The van der Waals surface area contributed by atoms with Crippen LogP contribution in [-0.4, -0.2) is 61.1 Å². The molecule has 0 amide bonds. The molecule has 0 N–H and O–H groups in total. The number of likely N-dealkylation sites (N-methyl/N-ethyl adjacent to an activating group) is 2. The molecule has 340 valence electrons. The third-order valence-electron chi connectivity index (χ3n) is 16.0. The first-order valence-electron chi connectivity index (χ1n) is 23.4. The Morgan fingerprint density at radius 3 is 1.11 bits per heavy atom. The van der Waals surface area contributed by atoms with Crippen LogP contribution in [0.1, 0.15) is 103 Å². The van der Waals surface area contributed by atoms with Crippen LogP contribution in [0, 0.1) is 0 Å². The van der Waals surface area contributed by atoms with E-state index in [4.69, 9.17) is 19.5 Å². The molecule has 10 heteroatoms. The number of hydrogen-bond donors (Lipinski definition) is 0. The molecule has 0 saturated carbocycles. The molecule has 4 aliphatic heterocycles. The highest BCUT2D eigenvalue weighted by Crippen LogP contribution is 2.56. The zero-order valence-electron chi connectivity index (χ0n) is 39.2. The van der Waals surface area contributed by atoms with E-state index in [1.165, 1.54) is 11.1 Å². The Kier molecular flexibility index (Phi) is 8.36. The predicted molar refractivity (Wildman–Crippen MR) is 273 cm³/mol. The summed E-state index contributed by atoms with van der Waals surface area (Å²) in [6.45, 7) is 8.69. The number of ether oxygens (including phenoxy) is 2. The maximum Gasteiger partial charge on any atom is 0.228 e. The highest BCUT2D eigenvalue weighted by molar-refractivity contribution is 6.34. The molecular formula is C60H44N4O6. The molecule has 0 fully saturated rings. The van der Waals surface area contributed by atoms with Gasteiger partial charge in [0.1, 0.15) is 22.9 Å². The van der Waals surface area contributed by atoms with Crippen LogP contribution in [0.5, 0.6) is 11.5 Å². The molecule has 2 atom stereocenters. The summed E-state index contributed by atoms with van der Waals surface area (Å²) in [5, 5.41) is 3.02. The minimum atomic E-state index is -0.781. The molecule has 8 aromatic rings. The number of benzene rings is 8. The number of nitrogens with zero attached hydrogens (tertiary/aromatic N) is 4. The SMILES string of the molecule is CN1c2ccccc2C(C)(C)[C@]12C=Nc1c(ccc3c4c(ccc13)C(=O)c1ccccc1C4=O)O2.CN1c2ccccc2C(C)(C)[C@]12C=Nc1c(ccc3c4c(ccc13)C(=O)c1ccccc1C4=O)O2. The van der Waals surface area contributed by atoms with E-state index in [-0.39, 0.29) is 34.0 Å². The van der Waals surface area contributed by atoms with E-state index in [1.807, 2.05) is 75.1 Å². The van der Waals surface area contributed by atoms with Crippen LogP contribution in [0.15, 0.2) is 156 Å². The molecule has 10 nitrogen and oxygen atoms in total. The first-order valence-corrected chi connectivity index (χ1v) is 23.4. The van der Waals surface area contributed by atoms with Crippen LogP contribution in [0.2, 0.25) is 0 Å². The number of para-hydroxylation sites is 2. The second-order valence-electron chi connectivity index (χ2n) is 19.9. The fourth-order valence-corrected chi connectivity index (χ4v) is 12.1. The fraction of sp³-hybridized carbons (Fsp3) is 0.167. The summed E-state index contributed by atoms with van der Waals surface area (Å²) in [5.41, 5.74) is 7.28. The zero-order chi connectivity index (χ0) is 48.2. The second-order valence-corrected chi connectivity index (χ2v) is 19.9. The van der Waals surface area contributed by atoms with E-state index < -0.39 is 11.4 Å². The number of hydrogen-bond acceptors (Lipinski definition) is 10. The average molecular weight is 917 g/mol. The molecule has 0 aromatic heterocycles. The molecule has 6 aliphatic rings. The smallest absolute Gasteiger partial charge is 0.228 e. The van der Waals surface area contributed by atoms with Crippen LogP contribution >= 0.6 is 0 Å². The number of ketones is 4. The van der Waals surface area contributed by atoms with Crippen molar-refractivity contribution in [2.45, 2.75) is 50.0 Å². The lowest BCUT2D eigenvalue weighted by molar-refractivity contribution is 0.0826. The van der Waals surface area contributed by atoms with Crippen molar-refractivity contribution >= 4 is 79.9 Å². The van der Waals surface area contributed by atoms with Crippen molar-refractivity contribution < 1.29 is 28.7 Å². The predicted octanol–water partition coefficient (Wildman–Crippen LogP) is 11.7. The minimum absolute atomic E-state index is 0.124. The highest BCUT2D eigenvalue weighted by Gasteiger charge is 2.60. The van der Waals surface area contributed by atoms with E-state index in [1.54, 1.807) is 60.7 Å². The van der Waals surface area contributed by atoms with Crippen molar-refractivity contribution in [3.63, 3.8) is 0 Å². The van der Waals surface area contributed by atoms with Gasteiger partial charge in [0.25, 0.3) is 0 Å². The molecule has 70 heavy (non-hydrogen) atoms. The molecular weight excluding hydrogens is 873 g/mol. The second kappa shape index (κ2) is 14.0. The Bertz CT molecular complexity index is 3580. The van der Waals surface area contributed by atoms with E-state index in [0.717, 1.165) is 22.1 Å². The summed E-state index contributed by atoms with van der Waals surface area (Å²) >= 11 is 0. The van der Waals surface area contributed by atoms with Crippen LogP contribution in [0.4, 0.5) is 22.7 Å². The molecule has 0 unspecified atom stereocenters. The zero-order valence-corrected chi connectivity index (χ0v) is 39.2. The van der Waals surface area contributed by atoms with Gasteiger partial charge in [0.05, 0.1) is 23.3 Å². The maximum atomic E-state index is 13.5. The third kappa shape index (κ3) is 5.12. The van der Waals surface area contributed by atoms with Gasteiger partial charge in [0, 0.05) is 80.8 Å².